The van der Waals surface area contributed by atoms with Gasteiger partial charge in [0.2, 0.25) is 0 Å². The molecule has 0 amide bonds. The molecule has 18 heavy (non-hydrogen) atoms. The van der Waals surface area contributed by atoms with Gasteiger partial charge in [-0.05, 0) is 38.7 Å². The molecule has 0 spiro atoms. The molecule has 4 heteroatoms. The van der Waals surface area contributed by atoms with E-state index in [2.05, 4.69) is 21.9 Å². The molecule has 1 fully saturated rings. The third-order valence-electron chi connectivity index (χ3n) is 2.82. The Morgan fingerprint density at radius 1 is 1.50 bits per heavy atom. The summed E-state index contributed by atoms with van der Waals surface area (Å²) in [5.41, 5.74) is 1.96. The Balaban J connectivity index is 1.85. The predicted molar refractivity (Wildman–Crippen MR) is 71.6 cm³/mol. The fraction of sp³-hybridized carbons (Fsp3) is 0.571. The minimum Gasteiger partial charge on any atom is -0.463 e. The van der Waals surface area contributed by atoms with Crippen LogP contribution in [0.4, 0.5) is 0 Å². The number of allylic oxidation sites excluding steroid dienone is 1. The zero-order valence-corrected chi connectivity index (χ0v) is 11.0. The molecule has 1 aromatic rings. The van der Waals surface area contributed by atoms with Crippen LogP contribution in [0.25, 0.3) is 0 Å². The van der Waals surface area contributed by atoms with Crippen LogP contribution in [0.3, 0.4) is 0 Å². The van der Waals surface area contributed by atoms with Crippen LogP contribution < -0.4 is 10.1 Å². The first-order chi connectivity index (χ1) is 8.78. The number of aromatic nitrogens is 2. The molecule has 1 aliphatic carbocycles. The van der Waals surface area contributed by atoms with E-state index in [1.54, 1.807) is 0 Å². The van der Waals surface area contributed by atoms with Gasteiger partial charge in [0.15, 0.2) is 0 Å². The van der Waals surface area contributed by atoms with Crippen LogP contribution >= 0.6 is 0 Å². The van der Waals surface area contributed by atoms with Gasteiger partial charge < -0.3 is 10.1 Å². The minimum atomic E-state index is 0.492. The van der Waals surface area contributed by atoms with Crippen molar-refractivity contribution in [3.8, 4) is 6.01 Å². The van der Waals surface area contributed by atoms with Crippen LogP contribution in [-0.4, -0.2) is 22.6 Å². The number of nitrogens with zero attached hydrogens (tertiary/aromatic N) is 2. The van der Waals surface area contributed by atoms with E-state index >= 15 is 0 Å². The summed E-state index contributed by atoms with van der Waals surface area (Å²) >= 11 is 0. The van der Waals surface area contributed by atoms with E-state index in [1.807, 2.05) is 19.1 Å². The highest BCUT2D eigenvalue weighted by atomic mass is 16.5. The molecule has 0 saturated heterocycles. The number of hydrogen-bond donors (Lipinski definition) is 1. The van der Waals surface area contributed by atoms with E-state index < -0.39 is 0 Å². The van der Waals surface area contributed by atoms with Gasteiger partial charge >= 0.3 is 6.01 Å². The molecule has 1 N–H and O–H groups in total. The average molecular weight is 247 g/mol. The summed E-state index contributed by atoms with van der Waals surface area (Å²) in [5.74, 6) is 0. The fourth-order valence-corrected chi connectivity index (χ4v) is 1.69. The molecular weight excluding hydrogens is 226 g/mol. The van der Waals surface area contributed by atoms with Crippen molar-refractivity contribution in [3.05, 3.63) is 30.1 Å². The number of unbranched alkanes of at least 4 members (excludes halogenated alkanes) is 1. The molecule has 0 radical (unpaired) electrons. The van der Waals surface area contributed by atoms with Crippen LogP contribution in [-0.2, 0) is 6.54 Å². The van der Waals surface area contributed by atoms with Gasteiger partial charge in [0.1, 0.15) is 0 Å². The van der Waals surface area contributed by atoms with Crippen molar-refractivity contribution in [1.29, 1.82) is 0 Å². The molecule has 0 unspecified atom stereocenters. The maximum atomic E-state index is 5.55. The number of ether oxygens (including phenoxy) is 1. The van der Waals surface area contributed by atoms with E-state index in [9.17, 15) is 0 Å². The molecular formula is C14H21N3O. The SMILES string of the molecule is C=CCCCOc1nc(C)cc(CNC2CC2)n1. The first kappa shape index (κ1) is 13.0. The number of aryl methyl sites for hydroxylation is 1. The Morgan fingerprint density at radius 3 is 3.06 bits per heavy atom. The predicted octanol–water partition coefficient (Wildman–Crippen LogP) is 2.38. The molecule has 4 nitrogen and oxygen atoms in total. The Kier molecular flexibility index (Phi) is 4.70. The smallest absolute Gasteiger partial charge is 0.316 e. The zero-order chi connectivity index (χ0) is 12.8. The van der Waals surface area contributed by atoms with Gasteiger partial charge in [-0.3, -0.25) is 0 Å². The van der Waals surface area contributed by atoms with Crippen molar-refractivity contribution in [2.75, 3.05) is 6.61 Å². The van der Waals surface area contributed by atoms with E-state index in [-0.39, 0.29) is 0 Å². The summed E-state index contributed by atoms with van der Waals surface area (Å²) in [4.78, 5) is 8.70. The van der Waals surface area contributed by atoms with Crippen LogP contribution in [0.2, 0.25) is 0 Å². The summed E-state index contributed by atoms with van der Waals surface area (Å²) < 4.78 is 5.55. The Labute approximate surface area is 108 Å². The molecule has 0 atom stereocenters. The van der Waals surface area contributed by atoms with Crippen LogP contribution in [0, 0.1) is 6.92 Å². The highest BCUT2D eigenvalue weighted by Gasteiger charge is 2.20. The summed E-state index contributed by atoms with van der Waals surface area (Å²) in [6, 6.07) is 3.19. The molecule has 2 rings (SSSR count). The topological polar surface area (TPSA) is 47.0 Å². The second-order valence-electron chi connectivity index (χ2n) is 4.72. The normalized spacial score (nSPS) is 14.5. The quantitative estimate of drug-likeness (QED) is 0.566. The highest BCUT2D eigenvalue weighted by Crippen LogP contribution is 2.19. The minimum absolute atomic E-state index is 0.492. The van der Waals surface area contributed by atoms with Gasteiger partial charge in [0.25, 0.3) is 0 Å². The largest absolute Gasteiger partial charge is 0.463 e. The number of hydrogen-bond acceptors (Lipinski definition) is 4. The van der Waals surface area contributed by atoms with Crippen LogP contribution in [0.1, 0.15) is 37.1 Å². The zero-order valence-electron chi connectivity index (χ0n) is 11.0. The first-order valence-electron chi connectivity index (χ1n) is 6.59. The Bertz CT molecular complexity index is 402. The molecule has 1 saturated carbocycles. The van der Waals surface area contributed by atoms with E-state index in [1.165, 1.54) is 12.8 Å². The number of rotatable bonds is 8. The molecule has 1 aliphatic rings. The summed E-state index contributed by atoms with van der Waals surface area (Å²) in [6.45, 7) is 7.10. The molecule has 0 aliphatic heterocycles. The average Bonchev–Trinajstić information content (AvgIpc) is 3.16. The van der Waals surface area contributed by atoms with Gasteiger partial charge in [-0.1, -0.05) is 6.08 Å². The Morgan fingerprint density at radius 2 is 2.33 bits per heavy atom. The Hall–Kier alpha value is -1.42. The third-order valence-corrected chi connectivity index (χ3v) is 2.82. The van der Waals surface area contributed by atoms with Gasteiger partial charge in [-0.25, -0.2) is 4.98 Å². The highest BCUT2D eigenvalue weighted by molar-refractivity contribution is 5.13. The van der Waals surface area contributed by atoms with Crippen molar-refractivity contribution >= 4 is 0 Å². The molecule has 0 bridgehead atoms. The lowest BCUT2D eigenvalue weighted by Gasteiger charge is -2.07. The van der Waals surface area contributed by atoms with Crippen molar-refractivity contribution in [3.63, 3.8) is 0 Å². The second kappa shape index (κ2) is 6.50. The summed E-state index contributed by atoms with van der Waals surface area (Å²) in [6.07, 6.45) is 6.38. The van der Waals surface area contributed by atoms with Gasteiger partial charge in [-0.15, -0.1) is 6.58 Å². The second-order valence-corrected chi connectivity index (χ2v) is 4.72. The maximum Gasteiger partial charge on any atom is 0.316 e. The molecule has 98 valence electrons. The summed E-state index contributed by atoms with van der Waals surface area (Å²) in [7, 11) is 0. The van der Waals surface area contributed by atoms with Crippen molar-refractivity contribution < 1.29 is 4.74 Å². The molecule has 1 heterocycles. The van der Waals surface area contributed by atoms with E-state index in [0.717, 1.165) is 30.8 Å². The van der Waals surface area contributed by atoms with E-state index in [4.69, 9.17) is 4.74 Å². The first-order valence-corrected chi connectivity index (χ1v) is 6.59. The lowest BCUT2D eigenvalue weighted by Crippen LogP contribution is -2.17. The van der Waals surface area contributed by atoms with Gasteiger partial charge in [-0.2, -0.15) is 4.98 Å². The van der Waals surface area contributed by atoms with Crippen molar-refractivity contribution in [2.45, 2.75) is 45.2 Å². The number of nitrogens with one attached hydrogen (secondary N) is 1. The van der Waals surface area contributed by atoms with Crippen molar-refractivity contribution in [1.82, 2.24) is 15.3 Å². The standard InChI is InChI=1S/C14H21N3O/c1-3-4-5-8-18-14-16-11(2)9-13(17-14)10-15-12-6-7-12/h3,9,12,15H,1,4-8,10H2,2H3. The lowest BCUT2D eigenvalue weighted by molar-refractivity contribution is 0.285. The van der Waals surface area contributed by atoms with Gasteiger partial charge in [0, 0.05) is 18.3 Å². The third kappa shape index (κ3) is 4.45. The van der Waals surface area contributed by atoms with Gasteiger partial charge in [0.05, 0.1) is 12.3 Å². The van der Waals surface area contributed by atoms with Crippen LogP contribution in [0.5, 0.6) is 6.01 Å². The monoisotopic (exact) mass is 247 g/mol. The molecule has 0 aromatic carbocycles. The maximum absolute atomic E-state index is 5.55. The van der Waals surface area contributed by atoms with Crippen LogP contribution in [0.15, 0.2) is 18.7 Å². The fourth-order valence-electron chi connectivity index (χ4n) is 1.69. The van der Waals surface area contributed by atoms with Crippen molar-refractivity contribution in [2.24, 2.45) is 0 Å². The van der Waals surface area contributed by atoms with E-state index in [0.29, 0.717) is 18.7 Å². The lowest BCUT2D eigenvalue weighted by atomic mass is 10.3. The summed E-state index contributed by atoms with van der Waals surface area (Å²) in [5, 5.41) is 3.44. The molecule has 1 aromatic heterocycles.